The van der Waals surface area contributed by atoms with Crippen LogP contribution >= 0.6 is 11.6 Å². The highest BCUT2D eigenvalue weighted by atomic mass is 35.5. The van der Waals surface area contributed by atoms with Gasteiger partial charge in [-0.1, -0.05) is 16.7 Å². The Balaban J connectivity index is 2.19. The van der Waals surface area contributed by atoms with E-state index in [1.54, 1.807) is 0 Å². The van der Waals surface area contributed by atoms with Crippen molar-refractivity contribution in [1.82, 2.24) is 10.2 Å². The molecule has 0 saturated carbocycles. The number of hydrogen-bond donors (Lipinski definition) is 1. The van der Waals surface area contributed by atoms with E-state index < -0.39 is 30.0 Å². The molecule has 11 heteroatoms. The average Bonchev–Trinajstić information content (AvgIpc) is 2.85. The van der Waals surface area contributed by atoms with E-state index in [4.69, 9.17) is 16.3 Å². The summed E-state index contributed by atoms with van der Waals surface area (Å²) in [5, 5.41) is 7.87. The van der Waals surface area contributed by atoms with Crippen molar-refractivity contribution in [3.05, 3.63) is 34.7 Å². The number of anilines is 1. The zero-order valence-corrected chi connectivity index (χ0v) is 12.0. The number of halogens is 4. The molecule has 0 saturated heterocycles. The van der Waals surface area contributed by atoms with Gasteiger partial charge in [-0.05, 0) is 18.2 Å². The number of benzene rings is 1. The van der Waals surface area contributed by atoms with Crippen LogP contribution in [0.1, 0.15) is 23.2 Å². The van der Waals surface area contributed by atoms with Crippen molar-refractivity contribution < 1.29 is 31.9 Å². The molecule has 1 aromatic carbocycles. The molecule has 2 aromatic rings. The first-order valence-electron chi connectivity index (χ1n) is 5.86. The highest BCUT2D eigenvalue weighted by Gasteiger charge is 2.38. The minimum atomic E-state index is -4.82. The number of alkyl halides is 3. The lowest BCUT2D eigenvalue weighted by molar-refractivity contribution is -0.156. The second-order valence-electron chi connectivity index (χ2n) is 4.13. The number of ether oxygens (including phenoxy) is 1. The molecule has 0 fully saturated rings. The first kappa shape index (κ1) is 16.7. The Morgan fingerprint density at radius 1 is 1.26 bits per heavy atom. The Hall–Kier alpha value is -2.62. The van der Waals surface area contributed by atoms with Gasteiger partial charge >= 0.3 is 24.1 Å². The Bertz CT molecular complexity index is 760. The summed E-state index contributed by atoms with van der Waals surface area (Å²) in [6.45, 7) is 1.15. The molecule has 1 amide bonds. The molecule has 0 atom stereocenters. The molecule has 7 nitrogen and oxygen atoms in total. The number of rotatable bonds is 3. The molecule has 0 radical (unpaired) electrons. The lowest BCUT2D eigenvalue weighted by atomic mass is 10.2. The van der Waals surface area contributed by atoms with Crippen molar-refractivity contribution in [3.8, 4) is 5.75 Å². The van der Waals surface area contributed by atoms with Crippen molar-refractivity contribution in [3.63, 3.8) is 0 Å². The molecular formula is C12H7ClF3N3O4. The van der Waals surface area contributed by atoms with Crippen molar-refractivity contribution in [2.45, 2.75) is 13.1 Å². The third-order valence-corrected chi connectivity index (χ3v) is 2.50. The molecule has 1 N–H and O–H groups in total. The van der Waals surface area contributed by atoms with Crippen LogP contribution in [0.3, 0.4) is 0 Å². The summed E-state index contributed by atoms with van der Waals surface area (Å²) >= 11 is 5.77. The second kappa shape index (κ2) is 6.24. The van der Waals surface area contributed by atoms with Gasteiger partial charge in [-0.25, -0.2) is 0 Å². The van der Waals surface area contributed by atoms with Crippen molar-refractivity contribution >= 4 is 29.5 Å². The van der Waals surface area contributed by atoms with Crippen LogP contribution in [0.4, 0.5) is 19.2 Å². The van der Waals surface area contributed by atoms with Crippen LogP contribution in [-0.4, -0.2) is 22.1 Å². The molecular weight excluding hydrogens is 343 g/mol. The van der Waals surface area contributed by atoms with Gasteiger partial charge < -0.3 is 9.15 Å². The normalized spacial score (nSPS) is 11.2. The van der Waals surface area contributed by atoms with E-state index in [-0.39, 0.29) is 16.3 Å². The number of hydrogen-bond acceptors (Lipinski definition) is 6. The number of esters is 1. The first-order valence-corrected chi connectivity index (χ1v) is 6.24. The van der Waals surface area contributed by atoms with E-state index in [1.165, 1.54) is 18.2 Å². The summed E-state index contributed by atoms with van der Waals surface area (Å²) in [6, 6.07) is 2.93. The lowest BCUT2D eigenvalue weighted by Gasteiger charge is -2.05. The number of carbonyl (C=O) groups is 2. The largest absolute Gasteiger partial charge is 0.470 e. The molecule has 122 valence electrons. The third kappa shape index (κ3) is 4.42. The number of nitrogens with zero attached hydrogens (tertiary/aromatic N) is 2. The molecule has 0 aliphatic heterocycles. The highest BCUT2D eigenvalue weighted by Crippen LogP contribution is 2.29. The van der Waals surface area contributed by atoms with Crippen LogP contribution in [0.25, 0.3) is 0 Å². The first-order chi connectivity index (χ1) is 10.6. The van der Waals surface area contributed by atoms with Gasteiger partial charge in [0, 0.05) is 17.5 Å². The van der Waals surface area contributed by atoms with Crippen LogP contribution in [0.15, 0.2) is 22.6 Å². The predicted molar refractivity (Wildman–Crippen MR) is 70.0 cm³/mol. The number of aromatic nitrogens is 2. The summed E-state index contributed by atoms with van der Waals surface area (Å²) in [6.07, 6.45) is -4.82. The van der Waals surface area contributed by atoms with Gasteiger partial charge in [-0.15, -0.1) is 5.10 Å². The van der Waals surface area contributed by atoms with Crippen molar-refractivity contribution in [2.24, 2.45) is 0 Å². The zero-order chi connectivity index (χ0) is 17.2. The minimum Gasteiger partial charge on any atom is -0.427 e. The second-order valence-corrected chi connectivity index (χ2v) is 4.57. The van der Waals surface area contributed by atoms with Crippen LogP contribution < -0.4 is 10.1 Å². The molecule has 2 rings (SSSR count). The fourth-order valence-corrected chi connectivity index (χ4v) is 1.70. The highest BCUT2D eigenvalue weighted by molar-refractivity contribution is 6.31. The maximum atomic E-state index is 12.3. The zero-order valence-electron chi connectivity index (χ0n) is 11.3. The summed E-state index contributed by atoms with van der Waals surface area (Å²) in [4.78, 5) is 22.8. The smallest absolute Gasteiger partial charge is 0.427 e. The van der Waals surface area contributed by atoms with Gasteiger partial charge in [0.15, 0.2) is 0 Å². The molecule has 1 heterocycles. The maximum Gasteiger partial charge on any atom is 0.470 e. The summed E-state index contributed by atoms with van der Waals surface area (Å²) in [7, 11) is 0. The van der Waals surface area contributed by atoms with E-state index in [0.717, 1.165) is 6.92 Å². The standard InChI is InChI=1S/C12H7ClF3N3O4/c1-5(20)22-8-3-6(2-7(13)4-8)9(21)17-11-19-18-10(23-11)12(14,15)16/h2-4H,1H3,(H,17,19,21). The Morgan fingerprint density at radius 2 is 1.96 bits per heavy atom. The van der Waals surface area contributed by atoms with Crippen molar-refractivity contribution in [2.75, 3.05) is 5.32 Å². The molecule has 0 aliphatic carbocycles. The van der Waals surface area contributed by atoms with E-state index >= 15 is 0 Å². The van der Waals surface area contributed by atoms with Gasteiger partial charge in [0.1, 0.15) is 5.75 Å². The molecule has 0 aliphatic rings. The summed E-state index contributed by atoms with van der Waals surface area (Å²) in [5.41, 5.74) is -0.0829. The summed E-state index contributed by atoms with van der Waals surface area (Å²) in [5.74, 6) is -3.11. The fourth-order valence-electron chi connectivity index (χ4n) is 1.48. The molecule has 0 unspecified atom stereocenters. The van der Waals surface area contributed by atoms with Gasteiger partial charge in [-0.3, -0.25) is 14.9 Å². The quantitative estimate of drug-likeness (QED) is 0.676. The maximum absolute atomic E-state index is 12.3. The van der Waals surface area contributed by atoms with Gasteiger partial charge in [0.05, 0.1) is 0 Å². The Labute approximate surface area is 131 Å². The number of amides is 1. The SMILES string of the molecule is CC(=O)Oc1cc(Cl)cc(C(=O)Nc2nnc(C(F)(F)F)o2)c1. The van der Waals surface area contributed by atoms with Crippen LogP contribution in [0.5, 0.6) is 5.75 Å². The van der Waals surface area contributed by atoms with Gasteiger partial charge in [0.2, 0.25) is 0 Å². The van der Waals surface area contributed by atoms with E-state index in [0.29, 0.717) is 0 Å². The predicted octanol–water partition coefficient (Wildman–Crippen LogP) is 2.92. The molecule has 23 heavy (non-hydrogen) atoms. The van der Waals surface area contributed by atoms with E-state index in [2.05, 4.69) is 14.6 Å². The number of nitrogens with one attached hydrogen (secondary N) is 1. The third-order valence-electron chi connectivity index (χ3n) is 2.28. The van der Waals surface area contributed by atoms with Gasteiger partial charge in [0.25, 0.3) is 5.91 Å². The monoisotopic (exact) mass is 349 g/mol. The molecule has 1 aromatic heterocycles. The average molecular weight is 350 g/mol. The summed E-state index contributed by atoms with van der Waals surface area (Å²) < 4.78 is 46.0. The molecule has 0 bridgehead atoms. The van der Waals surface area contributed by atoms with Crippen LogP contribution in [0, 0.1) is 0 Å². The van der Waals surface area contributed by atoms with Crippen LogP contribution in [0.2, 0.25) is 5.02 Å². The Morgan fingerprint density at radius 3 is 2.52 bits per heavy atom. The van der Waals surface area contributed by atoms with Gasteiger partial charge in [-0.2, -0.15) is 13.2 Å². The van der Waals surface area contributed by atoms with E-state index in [1.807, 2.05) is 5.32 Å². The Kier molecular flexibility index (Phi) is 4.55. The topological polar surface area (TPSA) is 94.3 Å². The lowest BCUT2D eigenvalue weighted by Crippen LogP contribution is -2.13. The number of carbonyl (C=O) groups excluding carboxylic acids is 2. The minimum absolute atomic E-state index is 0.00309. The fraction of sp³-hybridized carbons (Fsp3) is 0.167. The van der Waals surface area contributed by atoms with Crippen LogP contribution in [-0.2, 0) is 11.0 Å². The van der Waals surface area contributed by atoms with Crippen molar-refractivity contribution in [1.29, 1.82) is 0 Å². The van der Waals surface area contributed by atoms with E-state index in [9.17, 15) is 22.8 Å². The molecule has 0 spiro atoms.